The summed E-state index contributed by atoms with van der Waals surface area (Å²) < 4.78 is 59.2. The molecule has 0 aliphatic carbocycles. The molecule has 0 aromatic heterocycles. The fraction of sp³-hybridized carbons (Fsp3) is 1.00. The Morgan fingerprint density at radius 1 is 0.440 bits per heavy atom. The van der Waals surface area contributed by atoms with E-state index in [0.717, 1.165) is 0 Å². The summed E-state index contributed by atoms with van der Waals surface area (Å²) in [5.74, 6) is 0. The van der Waals surface area contributed by atoms with Crippen molar-refractivity contribution in [3.05, 3.63) is 0 Å². The number of rotatable bonds is 14. The van der Waals surface area contributed by atoms with Crippen LogP contribution in [0.15, 0.2) is 0 Å². The largest absolute Gasteiger partial charge is 1.00 e. The van der Waals surface area contributed by atoms with Gasteiger partial charge in [0, 0.05) is 17.1 Å². The van der Waals surface area contributed by atoms with Crippen LogP contribution < -0.4 is 0 Å². The van der Waals surface area contributed by atoms with Crippen LogP contribution in [0.1, 0.15) is 112 Å². The minimum Gasteiger partial charge on any atom is 0 e. The summed E-state index contributed by atoms with van der Waals surface area (Å²) in [4.78, 5) is 0. The van der Waals surface area contributed by atoms with Crippen LogP contribution in [0.2, 0.25) is 0 Å². The van der Waals surface area contributed by atoms with E-state index in [1.54, 1.807) is 0 Å². The van der Waals surface area contributed by atoms with Gasteiger partial charge in [0.05, 0.1) is 0 Å². The zero-order valence-electron chi connectivity index (χ0n) is 16.7. The summed E-state index contributed by atoms with van der Waals surface area (Å²) in [6.07, 6.45) is 21.9. The quantitative estimate of drug-likeness (QED) is 0.109. The second kappa shape index (κ2) is 14.6. The molecule has 0 saturated heterocycles. The maximum Gasteiger partial charge on any atom is 1.00 e. The van der Waals surface area contributed by atoms with Crippen molar-refractivity contribution in [1.82, 2.24) is 0 Å². The van der Waals surface area contributed by atoms with Crippen LogP contribution in [0.25, 0.3) is 0 Å². The molecule has 0 amide bonds. The van der Waals surface area contributed by atoms with Gasteiger partial charge in [-0.1, -0.05) is 110 Å². The molecule has 0 rings (SSSR count). The summed E-state index contributed by atoms with van der Waals surface area (Å²) in [6, 6.07) is 0. The average Bonchev–Trinajstić information content (AvgIpc) is 2.40. The first kappa shape index (κ1) is 30.3. The summed E-state index contributed by atoms with van der Waals surface area (Å²) in [5, 5.41) is 0. The van der Waals surface area contributed by atoms with Crippen LogP contribution in [-0.4, -0.2) is 0 Å². The zero-order chi connectivity index (χ0) is 19.0. The van der Waals surface area contributed by atoms with Crippen molar-refractivity contribution >= 4 is 7.81 Å². The minimum absolute atomic E-state index is 0. The Labute approximate surface area is 162 Å². The van der Waals surface area contributed by atoms with Gasteiger partial charge in [0.15, 0.2) is 0 Å². The number of hydrogen-bond acceptors (Lipinski definition) is 0. The maximum atomic E-state index is 9.87. The van der Waals surface area contributed by atoms with E-state index in [9.17, 15) is 25.2 Å². The molecule has 0 aromatic carbocycles. The van der Waals surface area contributed by atoms with Crippen LogP contribution in [0.3, 0.4) is 0 Å². The van der Waals surface area contributed by atoms with Crippen molar-refractivity contribution in [2.75, 3.05) is 0 Å². The Bertz CT molecular complexity index is 259. The number of hydrogen-bond donors (Lipinski definition) is 0. The predicted molar refractivity (Wildman–Crippen MR) is 95.3 cm³/mol. The Kier molecular flexibility index (Phi) is 17.6. The third kappa shape index (κ3) is 59.0. The molecule has 0 aliphatic rings. The van der Waals surface area contributed by atoms with Gasteiger partial charge in [-0.2, -0.15) is 0 Å². The summed E-state index contributed by atoms with van der Waals surface area (Å²) in [7, 11) is -10.7. The first-order valence-corrected chi connectivity index (χ1v) is 11.5. The Hall–Kier alpha value is 0.529. The summed E-state index contributed by atoms with van der Waals surface area (Å²) in [5.41, 5.74) is 0. The molecular weight excluding hydrogens is 404 g/mol. The smallest absolute Gasteiger partial charge is 0 e. The topological polar surface area (TPSA) is 0 Å². The molecule has 0 spiro atoms. The molecular formula is C17H37F6MnP. The van der Waals surface area contributed by atoms with Crippen LogP contribution in [0, 0.1) is 0 Å². The predicted octanol–water partition coefficient (Wildman–Crippen LogP) is 10.4. The monoisotopic (exact) mass is 441 g/mol. The Morgan fingerprint density at radius 2 is 0.560 bits per heavy atom. The van der Waals surface area contributed by atoms with Gasteiger partial charge in [0.25, 0.3) is 0 Å². The van der Waals surface area contributed by atoms with Crippen molar-refractivity contribution in [2.45, 2.75) is 110 Å². The normalized spacial score (nSPS) is 13.9. The molecule has 0 aromatic rings. The molecule has 0 fully saturated rings. The maximum absolute atomic E-state index is 10.7. The number of halogens is 6. The van der Waals surface area contributed by atoms with E-state index in [2.05, 4.69) is 13.8 Å². The van der Waals surface area contributed by atoms with Crippen LogP contribution >= 0.6 is 7.81 Å². The first-order chi connectivity index (χ1) is 10.9. The molecule has 0 heterocycles. The molecule has 0 unspecified atom stereocenters. The van der Waals surface area contributed by atoms with Gasteiger partial charge in [0.2, 0.25) is 0 Å². The fourth-order valence-corrected chi connectivity index (χ4v) is 2.44. The molecule has 1 radical (unpaired) electrons. The van der Waals surface area contributed by atoms with Gasteiger partial charge in [-0.3, -0.25) is 0 Å². The van der Waals surface area contributed by atoms with Crippen molar-refractivity contribution in [1.29, 1.82) is 0 Å². The van der Waals surface area contributed by atoms with E-state index in [-0.39, 0.29) is 18.5 Å². The molecule has 8 heteroatoms. The van der Waals surface area contributed by atoms with E-state index in [0.29, 0.717) is 0 Å². The third-order valence-electron chi connectivity index (χ3n) is 3.71. The van der Waals surface area contributed by atoms with E-state index in [1.165, 1.54) is 96.3 Å². The average molecular weight is 441 g/mol. The van der Waals surface area contributed by atoms with Crippen LogP contribution in [-0.2, 0) is 17.1 Å². The molecule has 0 saturated carbocycles. The van der Waals surface area contributed by atoms with Crippen molar-refractivity contribution in [3.63, 3.8) is 0 Å². The molecule has 0 nitrogen and oxygen atoms in total. The second-order valence-electron chi connectivity index (χ2n) is 6.55. The number of unbranched alkanes of at least 4 members (excludes halogenated alkanes) is 14. The molecule has 25 heavy (non-hydrogen) atoms. The van der Waals surface area contributed by atoms with Gasteiger partial charge in [-0.05, 0) is 0 Å². The molecule has 0 bridgehead atoms. The molecule has 0 atom stereocenters. The zero-order valence-corrected chi connectivity index (χ0v) is 17.8. The van der Waals surface area contributed by atoms with E-state index >= 15 is 0 Å². The summed E-state index contributed by atoms with van der Waals surface area (Å²) >= 11 is 0. The standard InChI is InChI=1S/C17H36.F6P.Mn/c1-3-5-7-9-11-13-15-17-16-14-12-10-8-6-4-2;1-7(2,3,4,5)6;/h3-17H2,1-2H3;;/q;-1;/p+1. The molecule has 159 valence electrons. The van der Waals surface area contributed by atoms with Crippen LogP contribution in [0.5, 0.6) is 0 Å². The summed E-state index contributed by atoms with van der Waals surface area (Å²) in [6.45, 7) is 4.58. The molecule has 0 aliphatic heterocycles. The Balaban J connectivity index is -0.000000230. The van der Waals surface area contributed by atoms with E-state index < -0.39 is 7.81 Å². The molecule has 0 N–H and O–H groups in total. The van der Waals surface area contributed by atoms with E-state index in [4.69, 9.17) is 0 Å². The van der Waals surface area contributed by atoms with Gasteiger partial charge in [-0.25, -0.2) is 0 Å². The fourth-order valence-electron chi connectivity index (χ4n) is 2.44. The van der Waals surface area contributed by atoms with Gasteiger partial charge in [0.1, 0.15) is 0 Å². The Morgan fingerprint density at radius 3 is 0.680 bits per heavy atom. The van der Waals surface area contributed by atoms with Gasteiger partial charge in [-0.15, -0.1) is 0 Å². The SMILES string of the molecule is CCCCCCCCCCCCCCCCC.F[P-](F)(F)(F)(F)F.[H+].[Mn]. The second-order valence-corrected chi connectivity index (χ2v) is 8.47. The van der Waals surface area contributed by atoms with E-state index in [1.807, 2.05) is 0 Å². The van der Waals surface area contributed by atoms with Crippen molar-refractivity contribution < 1.29 is 43.7 Å². The third-order valence-corrected chi connectivity index (χ3v) is 3.71. The first-order valence-electron chi connectivity index (χ1n) is 9.43. The van der Waals surface area contributed by atoms with Crippen LogP contribution in [0.4, 0.5) is 25.2 Å². The van der Waals surface area contributed by atoms with Crippen molar-refractivity contribution in [3.8, 4) is 0 Å². The van der Waals surface area contributed by atoms with Gasteiger partial charge < -0.3 is 0 Å². The van der Waals surface area contributed by atoms with Gasteiger partial charge >= 0.3 is 34.4 Å². The van der Waals surface area contributed by atoms with Crippen molar-refractivity contribution in [2.24, 2.45) is 0 Å². The minimum atomic E-state index is -10.7.